The maximum Gasteiger partial charge on any atom is 0.121 e. The molecular formula is C8H11FN2O. The number of ether oxygens (including phenoxy) is 1. The zero-order chi connectivity index (χ0) is 8.81. The van der Waals surface area contributed by atoms with Crippen LogP contribution in [0.3, 0.4) is 0 Å². The minimum atomic E-state index is -0.255. The van der Waals surface area contributed by atoms with Gasteiger partial charge in [0, 0.05) is 19.1 Å². The van der Waals surface area contributed by atoms with Gasteiger partial charge >= 0.3 is 0 Å². The molecule has 0 aromatic carbocycles. The standard InChI is InChI=1S/C8H11FN2O/c9-7-4-8(6-11-5-7)12-3-1-2-10/h2,5-6,8,10H,1,3-4H2. The molecule has 1 heterocycles. The summed E-state index contributed by atoms with van der Waals surface area (Å²) in [4.78, 5) is 3.67. The molecule has 0 saturated carbocycles. The summed E-state index contributed by atoms with van der Waals surface area (Å²) in [5.74, 6) is -0.252. The normalized spacial score (nSPS) is 22.1. The Morgan fingerprint density at radius 3 is 3.33 bits per heavy atom. The minimum absolute atomic E-state index is 0.252. The molecule has 1 aliphatic heterocycles. The summed E-state index contributed by atoms with van der Waals surface area (Å²) >= 11 is 0. The van der Waals surface area contributed by atoms with Crippen molar-refractivity contribution in [3.05, 3.63) is 12.0 Å². The van der Waals surface area contributed by atoms with E-state index in [1.165, 1.54) is 12.4 Å². The van der Waals surface area contributed by atoms with Crippen LogP contribution in [0.25, 0.3) is 0 Å². The third-order valence-electron chi connectivity index (χ3n) is 1.46. The van der Waals surface area contributed by atoms with Crippen LogP contribution in [-0.4, -0.2) is 25.1 Å². The molecule has 0 saturated heterocycles. The first-order valence-corrected chi connectivity index (χ1v) is 3.81. The van der Waals surface area contributed by atoms with Crippen LogP contribution in [0, 0.1) is 5.41 Å². The molecule has 1 rings (SSSR count). The van der Waals surface area contributed by atoms with Crippen LogP contribution < -0.4 is 0 Å². The van der Waals surface area contributed by atoms with Crippen molar-refractivity contribution in [1.82, 2.24) is 0 Å². The summed E-state index contributed by atoms with van der Waals surface area (Å²) < 4.78 is 17.8. The van der Waals surface area contributed by atoms with Crippen molar-refractivity contribution >= 4 is 12.4 Å². The van der Waals surface area contributed by atoms with E-state index in [-0.39, 0.29) is 18.4 Å². The Bertz CT molecular complexity index is 213. The van der Waals surface area contributed by atoms with Crippen LogP contribution in [0.5, 0.6) is 0 Å². The summed E-state index contributed by atoms with van der Waals surface area (Å²) in [6, 6.07) is 0. The minimum Gasteiger partial charge on any atom is -0.372 e. The maximum absolute atomic E-state index is 12.6. The lowest BCUT2D eigenvalue weighted by Gasteiger charge is -2.13. The Hall–Kier alpha value is -1.03. The molecule has 1 unspecified atom stereocenters. The summed E-state index contributed by atoms with van der Waals surface area (Å²) in [5, 5.41) is 6.74. The number of hydrogen-bond donors (Lipinski definition) is 1. The van der Waals surface area contributed by atoms with Gasteiger partial charge in [-0.05, 0) is 6.21 Å². The van der Waals surface area contributed by atoms with E-state index in [4.69, 9.17) is 10.1 Å². The van der Waals surface area contributed by atoms with Crippen LogP contribution in [0.4, 0.5) is 4.39 Å². The monoisotopic (exact) mass is 170 g/mol. The molecule has 1 atom stereocenters. The lowest BCUT2D eigenvalue weighted by molar-refractivity contribution is 0.103. The van der Waals surface area contributed by atoms with Gasteiger partial charge < -0.3 is 10.1 Å². The molecule has 1 N–H and O–H groups in total. The molecule has 0 aliphatic carbocycles. The van der Waals surface area contributed by atoms with Gasteiger partial charge in [0.25, 0.3) is 0 Å². The van der Waals surface area contributed by atoms with Crippen LogP contribution in [0.1, 0.15) is 12.8 Å². The van der Waals surface area contributed by atoms with Crippen molar-refractivity contribution in [3.8, 4) is 0 Å². The van der Waals surface area contributed by atoms with Gasteiger partial charge in [0.2, 0.25) is 0 Å². The predicted molar refractivity (Wildman–Crippen MR) is 45.4 cm³/mol. The second-order valence-electron chi connectivity index (χ2n) is 2.48. The smallest absolute Gasteiger partial charge is 0.121 e. The molecule has 0 aromatic rings. The SMILES string of the molecule is N=CCCOC1C=NC=C(F)C1. The fourth-order valence-corrected chi connectivity index (χ4v) is 0.898. The topological polar surface area (TPSA) is 45.4 Å². The first kappa shape index (κ1) is 9.06. The highest BCUT2D eigenvalue weighted by molar-refractivity contribution is 5.65. The number of hydrogen-bond acceptors (Lipinski definition) is 3. The van der Waals surface area contributed by atoms with Crippen molar-refractivity contribution in [1.29, 1.82) is 5.41 Å². The van der Waals surface area contributed by atoms with Crippen LogP contribution in [0.2, 0.25) is 0 Å². The molecular weight excluding hydrogens is 159 g/mol. The first-order valence-electron chi connectivity index (χ1n) is 3.81. The van der Waals surface area contributed by atoms with Crippen LogP contribution in [0.15, 0.2) is 17.0 Å². The van der Waals surface area contributed by atoms with Gasteiger partial charge in [-0.25, -0.2) is 4.39 Å². The molecule has 0 aromatic heterocycles. The van der Waals surface area contributed by atoms with E-state index in [1.807, 2.05) is 0 Å². The second-order valence-corrected chi connectivity index (χ2v) is 2.48. The maximum atomic E-state index is 12.6. The van der Waals surface area contributed by atoms with E-state index in [1.54, 1.807) is 6.21 Å². The lowest BCUT2D eigenvalue weighted by Crippen LogP contribution is -2.17. The Kier molecular flexibility index (Phi) is 3.60. The van der Waals surface area contributed by atoms with Gasteiger partial charge in [-0.2, -0.15) is 0 Å². The third-order valence-corrected chi connectivity index (χ3v) is 1.46. The number of nitrogens with one attached hydrogen (secondary N) is 1. The van der Waals surface area contributed by atoms with Gasteiger partial charge in [-0.15, -0.1) is 0 Å². The highest BCUT2D eigenvalue weighted by Crippen LogP contribution is 2.12. The molecule has 0 fully saturated rings. The molecule has 0 spiro atoms. The molecule has 3 nitrogen and oxygen atoms in total. The fraction of sp³-hybridized carbons (Fsp3) is 0.500. The summed E-state index contributed by atoms with van der Waals surface area (Å²) in [6.45, 7) is 0.452. The van der Waals surface area contributed by atoms with Crippen molar-refractivity contribution in [3.63, 3.8) is 0 Å². The number of rotatable bonds is 4. The van der Waals surface area contributed by atoms with Gasteiger partial charge in [-0.3, -0.25) is 4.99 Å². The van der Waals surface area contributed by atoms with E-state index >= 15 is 0 Å². The van der Waals surface area contributed by atoms with Crippen molar-refractivity contribution in [2.45, 2.75) is 18.9 Å². The Morgan fingerprint density at radius 2 is 2.67 bits per heavy atom. The van der Waals surface area contributed by atoms with E-state index in [9.17, 15) is 4.39 Å². The molecule has 4 heteroatoms. The average molecular weight is 170 g/mol. The average Bonchev–Trinajstić information content (AvgIpc) is 2.05. The summed E-state index contributed by atoms with van der Waals surface area (Å²) in [7, 11) is 0. The highest BCUT2D eigenvalue weighted by Gasteiger charge is 2.11. The van der Waals surface area contributed by atoms with E-state index in [2.05, 4.69) is 4.99 Å². The van der Waals surface area contributed by atoms with E-state index < -0.39 is 0 Å². The molecule has 0 radical (unpaired) electrons. The third kappa shape index (κ3) is 2.92. The largest absolute Gasteiger partial charge is 0.372 e. The quantitative estimate of drug-likeness (QED) is 0.506. The van der Waals surface area contributed by atoms with Crippen molar-refractivity contribution < 1.29 is 9.13 Å². The Labute approximate surface area is 70.5 Å². The molecule has 0 amide bonds. The fourth-order valence-electron chi connectivity index (χ4n) is 0.898. The van der Waals surface area contributed by atoms with Crippen molar-refractivity contribution in [2.75, 3.05) is 6.61 Å². The van der Waals surface area contributed by atoms with Gasteiger partial charge in [0.1, 0.15) is 5.83 Å². The van der Waals surface area contributed by atoms with E-state index in [0.29, 0.717) is 13.0 Å². The number of halogens is 1. The zero-order valence-corrected chi connectivity index (χ0v) is 6.66. The van der Waals surface area contributed by atoms with Gasteiger partial charge in [-0.1, -0.05) is 0 Å². The zero-order valence-electron chi connectivity index (χ0n) is 6.66. The number of nitrogens with zero attached hydrogens (tertiary/aromatic N) is 1. The highest BCUT2D eigenvalue weighted by atomic mass is 19.1. The predicted octanol–water partition coefficient (Wildman–Crippen LogP) is 1.70. The molecule has 1 aliphatic rings. The van der Waals surface area contributed by atoms with Crippen molar-refractivity contribution in [2.24, 2.45) is 4.99 Å². The lowest BCUT2D eigenvalue weighted by atomic mass is 10.2. The van der Waals surface area contributed by atoms with E-state index in [0.717, 1.165) is 0 Å². The van der Waals surface area contributed by atoms with Crippen LogP contribution >= 0.6 is 0 Å². The van der Waals surface area contributed by atoms with Gasteiger partial charge in [0.15, 0.2) is 0 Å². The second kappa shape index (κ2) is 4.77. The Balaban J connectivity index is 2.22. The molecule has 12 heavy (non-hydrogen) atoms. The number of aliphatic imine (C=N–C) groups is 1. The molecule has 66 valence electrons. The van der Waals surface area contributed by atoms with Crippen LogP contribution in [-0.2, 0) is 4.74 Å². The Morgan fingerprint density at radius 1 is 1.83 bits per heavy atom. The first-order chi connectivity index (χ1) is 5.83. The summed E-state index contributed by atoms with van der Waals surface area (Å²) in [5.41, 5.74) is 0. The molecule has 0 bridgehead atoms. The summed E-state index contributed by atoms with van der Waals surface area (Å²) in [6.07, 6.45) is 4.61. The van der Waals surface area contributed by atoms with Gasteiger partial charge in [0.05, 0.1) is 18.9 Å².